The lowest BCUT2D eigenvalue weighted by Crippen LogP contribution is -2.08. The van der Waals surface area contributed by atoms with E-state index in [-0.39, 0.29) is 11.6 Å². The number of nitrogen functional groups attached to an aromatic ring is 1. The minimum absolute atomic E-state index is 0.0832. The quantitative estimate of drug-likeness (QED) is 0.829. The molecular formula is C13H15F2N3S. The summed E-state index contributed by atoms with van der Waals surface area (Å²) in [4.78, 5) is 5.34. The summed E-state index contributed by atoms with van der Waals surface area (Å²) in [6, 6.07) is 4.36. The predicted molar refractivity (Wildman–Crippen MR) is 74.7 cm³/mol. The fraction of sp³-hybridized carbons (Fsp3) is 0.308. The van der Waals surface area contributed by atoms with E-state index in [0.717, 1.165) is 9.88 Å². The summed E-state index contributed by atoms with van der Waals surface area (Å²) in [6.07, 6.45) is -0.786. The molecule has 19 heavy (non-hydrogen) atoms. The van der Waals surface area contributed by atoms with E-state index in [1.807, 2.05) is 13.8 Å². The predicted octanol–water partition coefficient (Wildman–Crippen LogP) is 4.14. The van der Waals surface area contributed by atoms with Crippen molar-refractivity contribution in [2.45, 2.75) is 26.3 Å². The van der Waals surface area contributed by atoms with E-state index in [4.69, 9.17) is 5.73 Å². The molecule has 0 aliphatic rings. The second-order valence-electron chi connectivity index (χ2n) is 4.32. The number of nitrogens with one attached hydrogen (secondary N) is 1. The van der Waals surface area contributed by atoms with Gasteiger partial charge in [-0.15, -0.1) is 11.3 Å². The normalized spacial score (nSPS) is 12.7. The molecular weight excluding hydrogens is 268 g/mol. The standard InChI is InChI=1S/C13H15F2N3S/c1-7-6-17-13(19-7)8(2)18-11-4-3-9(16)5-10(11)12(14)15/h3-6,8,12,18H,16H2,1-2H3. The molecule has 3 nitrogen and oxygen atoms in total. The molecule has 2 aromatic rings. The fourth-order valence-electron chi connectivity index (χ4n) is 1.76. The summed E-state index contributed by atoms with van der Waals surface area (Å²) in [5, 5.41) is 3.93. The zero-order valence-corrected chi connectivity index (χ0v) is 11.5. The largest absolute Gasteiger partial charge is 0.399 e. The van der Waals surface area contributed by atoms with Gasteiger partial charge < -0.3 is 11.1 Å². The number of hydrogen-bond donors (Lipinski definition) is 2. The summed E-state index contributed by atoms with van der Waals surface area (Å²) in [5.41, 5.74) is 6.18. The maximum Gasteiger partial charge on any atom is 0.265 e. The van der Waals surface area contributed by atoms with E-state index in [1.165, 1.54) is 6.07 Å². The summed E-state index contributed by atoms with van der Waals surface area (Å²) < 4.78 is 25.9. The second-order valence-corrected chi connectivity index (χ2v) is 5.59. The Morgan fingerprint density at radius 3 is 2.68 bits per heavy atom. The van der Waals surface area contributed by atoms with Gasteiger partial charge in [0.15, 0.2) is 0 Å². The monoisotopic (exact) mass is 283 g/mol. The van der Waals surface area contributed by atoms with Crippen LogP contribution in [0.25, 0.3) is 0 Å². The molecule has 0 saturated carbocycles. The van der Waals surface area contributed by atoms with Gasteiger partial charge in [-0.3, -0.25) is 0 Å². The number of nitrogens with two attached hydrogens (primary N) is 1. The minimum atomic E-state index is -2.56. The first-order valence-corrected chi connectivity index (χ1v) is 6.65. The van der Waals surface area contributed by atoms with Crippen molar-refractivity contribution in [2.24, 2.45) is 0 Å². The zero-order valence-electron chi connectivity index (χ0n) is 10.7. The summed E-state index contributed by atoms with van der Waals surface area (Å²) in [7, 11) is 0. The maximum atomic E-state index is 13.0. The average molecular weight is 283 g/mol. The SMILES string of the molecule is Cc1cnc(C(C)Nc2ccc(N)cc2C(F)F)s1. The first-order chi connectivity index (χ1) is 8.97. The van der Waals surface area contributed by atoms with Gasteiger partial charge in [0, 0.05) is 28.0 Å². The van der Waals surface area contributed by atoms with Gasteiger partial charge in [0.05, 0.1) is 6.04 Å². The van der Waals surface area contributed by atoms with Crippen molar-refractivity contribution in [3.63, 3.8) is 0 Å². The molecule has 0 fully saturated rings. The molecule has 0 aliphatic carbocycles. The second kappa shape index (κ2) is 5.52. The molecule has 6 heteroatoms. The van der Waals surface area contributed by atoms with Crippen LogP contribution in [-0.4, -0.2) is 4.98 Å². The van der Waals surface area contributed by atoms with Gasteiger partial charge in [0.1, 0.15) is 5.01 Å². The van der Waals surface area contributed by atoms with Crippen LogP contribution in [0.2, 0.25) is 0 Å². The van der Waals surface area contributed by atoms with E-state index in [0.29, 0.717) is 11.4 Å². The first kappa shape index (κ1) is 13.7. The number of thiazole rings is 1. The Bertz CT molecular complexity index is 569. The van der Waals surface area contributed by atoms with Crippen LogP contribution in [0.5, 0.6) is 0 Å². The highest BCUT2D eigenvalue weighted by molar-refractivity contribution is 7.11. The number of benzene rings is 1. The first-order valence-electron chi connectivity index (χ1n) is 5.84. The molecule has 2 rings (SSSR count). The highest BCUT2D eigenvalue weighted by atomic mass is 32.1. The van der Waals surface area contributed by atoms with Crippen molar-refractivity contribution in [3.05, 3.63) is 39.8 Å². The topological polar surface area (TPSA) is 50.9 Å². The molecule has 1 heterocycles. The summed E-state index contributed by atoms with van der Waals surface area (Å²) in [6.45, 7) is 3.85. The van der Waals surface area contributed by atoms with E-state index in [1.54, 1.807) is 29.7 Å². The van der Waals surface area contributed by atoms with Crippen molar-refractivity contribution in [1.82, 2.24) is 4.98 Å². The van der Waals surface area contributed by atoms with Crippen molar-refractivity contribution < 1.29 is 8.78 Å². The molecule has 1 atom stereocenters. The number of rotatable bonds is 4. The number of aromatic nitrogens is 1. The van der Waals surface area contributed by atoms with Gasteiger partial charge in [0.25, 0.3) is 6.43 Å². The lowest BCUT2D eigenvalue weighted by atomic mass is 10.1. The van der Waals surface area contributed by atoms with Crippen molar-refractivity contribution >= 4 is 22.7 Å². The molecule has 1 aromatic heterocycles. The number of aryl methyl sites for hydroxylation is 1. The average Bonchev–Trinajstić information content (AvgIpc) is 2.78. The maximum absolute atomic E-state index is 13.0. The Morgan fingerprint density at radius 1 is 1.37 bits per heavy atom. The molecule has 102 valence electrons. The Hall–Kier alpha value is -1.69. The Morgan fingerprint density at radius 2 is 2.11 bits per heavy atom. The van der Waals surface area contributed by atoms with Crippen LogP contribution in [0, 0.1) is 6.92 Å². The van der Waals surface area contributed by atoms with E-state index in [2.05, 4.69) is 10.3 Å². The van der Waals surface area contributed by atoms with Crippen LogP contribution in [0.1, 0.15) is 34.8 Å². The third-order valence-electron chi connectivity index (χ3n) is 2.69. The van der Waals surface area contributed by atoms with Gasteiger partial charge in [-0.1, -0.05) is 0 Å². The summed E-state index contributed by atoms with van der Waals surface area (Å²) >= 11 is 1.55. The van der Waals surface area contributed by atoms with Crippen LogP contribution in [-0.2, 0) is 0 Å². The lowest BCUT2D eigenvalue weighted by molar-refractivity contribution is 0.152. The molecule has 1 aromatic carbocycles. The molecule has 0 saturated heterocycles. The third-order valence-corrected chi connectivity index (χ3v) is 3.79. The van der Waals surface area contributed by atoms with Crippen LogP contribution < -0.4 is 11.1 Å². The van der Waals surface area contributed by atoms with E-state index < -0.39 is 6.43 Å². The highest BCUT2D eigenvalue weighted by Gasteiger charge is 2.16. The Kier molecular flexibility index (Phi) is 3.99. The molecule has 3 N–H and O–H groups in total. The molecule has 0 bridgehead atoms. The Balaban J connectivity index is 2.23. The smallest absolute Gasteiger partial charge is 0.265 e. The molecule has 0 amide bonds. The minimum Gasteiger partial charge on any atom is -0.399 e. The van der Waals surface area contributed by atoms with E-state index in [9.17, 15) is 8.78 Å². The number of alkyl halides is 2. The number of halogens is 2. The van der Waals surface area contributed by atoms with Crippen LogP contribution in [0.3, 0.4) is 0 Å². The van der Waals surface area contributed by atoms with Crippen molar-refractivity contribution in [1.29, 1.82) is 0 Å². The highest BCUT2D eigenvalue weighted by Crippen LogP contribution is 2.32. The summed E-state index contributed by atoms with van der Waals surface area (Å²) in [5.74, 6) is 0. The van der Waals surface area contributed by atoms with Crippen LogP contribution >= 0.6 is 11.3 Å². The molecule has 1 unspecified atom stereocenters. The van der Waals surface area contributed by atoms with Crippen molar-refractivity contribution in [3.8, 4) is 0 Å². The van der Waals surface area contributed by atoms with Crippen LogP contribution in [0.15, 0.2) is 24.4 Å². The number of hydrogen-bond acceptors (Lipinski definition) is 4. The fourth-order valence-corrected chi connectivity index (χ4v) is 2.54. The van der Waals surface area contributed by atoms with Gasteiger partial charge in [-0.05, 0) is 32.0 Å². The lowest BCUT2D eigenvalue weighted by Gasteiger charge is -2.16. The zero-order chi connectivity index (χ0) is 14.0. The molecule has 0 radical (unpaired) electrons. The third kappa shape index (κ3) is 3.20. The number of nitrogens with zero attached hydrogens (tertiary/aromatic N) is 1. The van der Waals surface area contributed by atoms with E-state index >= 15 is 0 Å². The molecule has 0 aliphatic heterocycles. The van der Waals surface area contributed by atoms with Crippen molar-refractivity contribution in [2.75, 3.05) is 11.1 Å². The van der Waals surface area contributed by atoms with Gasteiger partial charge in [0.2, 0.25) is 0 Å². The van der Waals surface area contributed by atoms with Crippen LogP contribution in [0.4, 0.5) is 20.2 Å². The van der Waals surface area contributed by atoms with Gasteiger partial charge in [-0.25, -0.2) is 13.8 Å². The Labute approximate surface area is 114 Å². The number of anilines is 2. The van der Waals surface area contributed by atoms with Gasteiger partial charge in [-0.2, -0.15) is 0 Å². The molecule has 0 spiro atoms. The van der Waals surface area contributed by atoms with Gasteiger partial charge >= 0.3 is 0 Å².